The van der Waals surface area contributed by atoms with E-state index < -0.39 is 0 Å². The minimum Gasteiger partial charge on any atom is -0.360 e. The van der Waals surface area contributed by atoms with Crippen molar-refractivity contribution in [2.45, 2.75) is 18.2 Å². The zero-order valence-corrected chi connectivity index (χ0v) is 14.7. The van der Waals surface area contributed by atoms with Gasteiger partial charge in [0.15, 0.2) is 4.34 Å². The number of aromatic nitrogens is 2. The van der Waals surface area contributed by atoms with E-state index in [-0.39, 0.29) is 11.7 Å². The molecule has 1 amide bonds. The van der Waals surface area contributed by atoms with Crippen molar-refractivity contribution in [2.75, 3.05) is 22.9 Å². The van der Waals surface area contributed by atoms with Gasteiger partial charge in [-0.15, -0.1) is 10.2 Å². The number of nitrogens with zero attached hydrogens (tertiary/aromatic N) is 2. The molecule has 0 atom stereocenters. The number of hydrogen-bond acceptors (Lipinski definition) is 6. The number of nitrogens with one attached hydrogen (secondary N) is 2. The number of anilines is 2. The Morgan fingerprint density at radius 2 is 2.14 bits per heavy atom. The topological polar surface area (TPSA) is 66.9 Å². The molecular weight excluding hydrogens is 340 g/mol. The third-order valence-electron chi connectivity index (χ3n) is 2.54. The lowest BCUT2D eigenvalue weighted by Crippen LogP contribution is -2.14. The van der Waals surface area contributed by atoms with Gasteiger partial charge in [0.05, 0.1) is 16.5 Å². The van der Waals surface area contributed by atoms with Crippen LogP contribution in [0.25, 0.3) is 0 Å². The zero-order valence-electron chi connectivity index (χ0n) is 12.3. The summed E-state index contributed by atoms with van der Waals surface area (Å²) in [4.78, 5) is 11.9. The van der Waals surface area contributed by atoms with Gasteiger partial charge in [-0.2, -0.15) is 0 Å². The fourth-order valence-corrected chi connectivity index (χ4v) is 3.25. The Morgan fingerprint density at radius 3 is 2.86 bits per heavy atom. The number of rotatable bonds is 7. The van der Waals surface area contributed by atoms with E-state index in [0.29, 0.717) is 16.6 Å². The summed E-state index contributed by atoms with van der Waals surface area (Å²) in [5.74, 6) is 0.690. The van der Waals surface area contributed by atoms with Crippen LogP contribution in [0.15, 0.2) is 28.6 Å². The standard InChI is InChI=1S/C14H17ClN4OS2/c1-9(2)7-16-13-18-19-14(22-13)21-8-12(20)17-11-6-4-3-5-10(11)15/h3-6,9H,7-8H2,1-2H3,(H,16,18)(H,17,20). The highest BCUT2D eigenvalue weighted by Gasteiger charge is 2.09. The van der Waals surface area contributed by atoms with E-state index in [4.69, 9.17) is 11.6 Å². The summed E-state index contributed by atoms with van der Waals surface area (Å²) in [6.07, 6.45) is 0. The van der Waals surface area contributed by atoms with Gasteiger partial charge in [0.1, 0.15) is 0 Å². The molecule has 22 heavy (non-hydrogen) atoms. The SMILES string of the molecule is CC(C)CNc1nnc(SCC(=O)Nc2ccccc2Cl)s1. The molecule has 0 aliphatic carbocycles. The van der Waals surface area contributed by atoms with Crippen LogP contribution in [0.3, 0.4) is 0 Å². The first-order valence-corrected chi connectivity index (χ1v) is 8.97. The van der Waals surface area contributed by atoms with E-state index in [1.807, 2.05) is 12.1 Å². The maximum atomic E-state index is 11.9. The molecule has 0 saturated carbocycles. The Kier molecular flexibility index (Phi) is 6.48. The molecule has 2 N–H and O–H groups in total. The van der Waals surface area contributed by atoms with E-state index in [2.05, 4.69) is 34.7 Å². The first kappa shape index (κ1) is 17.1. The Morgan fingerprint density at radius 1 is 1.36 bits per heavy atom. The van der Waals surface area contributed by atoms with Crippen LogP contribution in [0.4, 0.5) is 10.8 Å². The van der Waals surface area contributed by atoms with Gasteiger partial charge < -0.3 is 10.6 Å². The molecule has 1 heterocycles. The summed E-state index contributed by atoms with van der Waals surface area (Å²) in [5, 5.41) is 15.4. The third kappa shape index (κ3) is 5.47. The van der Waals surface area contributed by atoms with Gasteiger partial charge in [-0.05, 0) is 18.1 Å². The van der Waals surface area contributed by atoms with Crippen molar-refractivity contribution in [3.8, 4) is 0 Å². The molecule has 1 aromatic heterocycles. The van der Waals surface area contributed by atoms with Crippen LogP contribution >= 0.6 is 34.7 Å². The molecule has 2 rings (SSSR count). The quantitative estimate of drug-likeness (QED) is 0.734. The summed E-state index contributed by atoms with van der Waals surface area (Å²) < 4.78 is 0.764. The predicted octanol–water partition coefficient (Wildman–Crippen LogP) is 3.99. The van der Waals surface area contributed by atoms with Crippen molar-refractivity contribution in [3.05, 3.63) is 29.3 Å². The van der Waals surface area contributed by atoms with Crippen molar-refractivity contribution in [1.29, 1.82) is 0 Å². The molecule has 0 radical (unpaired) electrons. The van der Waals surface area contributed by atoms with Crippen LogP contribution in [0.5, 0.6) is 0 Å². The molecule has 2 aromatic rings. The zero-order chi connectivity index (χ0) is 15.9. The number of halogens is 1. The number of carbonyl (C=O) groups excluding carboxylic acids is 1. The Labute approximate surface area is 142 Å². The predicted molar refractivity (Wildman–Crippen MR) is 94.0 cm³/mol. The summed E-state index contributed by atoms with van der Waals surface area (Å²) in [5.41, 5.74) is 0.617. The minimum atomic E-state index is -0.120. The second-order valence-corrected chi connectivity index (χ2v) is 7.57. The average molecular weight is 357 g/mol. The van der Waals surface area contributed by atoms with Gasteiger partial charge in [-0.25, -0.2) is 0 Å². The second-order valence-electron chi connectivity index (χ2n) is 4.96. The Bertz CT molecular complexity index is 633. The van der Waals surface area contributed by atoms with Crippen molar-refractivity contribution in [2.24, 2.45) is 5.92 Å². The van der Waals surface area contributed by atoms with Crippen LogP contribution in [-0.2, 0) is 4.79 Å². The van der Waals surface area contributed by atoms with Gasteiger partial charge in [0, 0.05) is 6.54 Å². The summed E-state index contributed by atoms with van der Waals surface area (Å²) in [6.45, 7) is 5.11. The number of carbonyl (C=O) groups is 1. The molecule has 118 valence electrons. The van der Waals surface area contributed by atoms with E-state index in [9.17, 15) is 4.79 Å². The summed E-state index contributed by atoms with van der Waals surface area (Å²) in [7, 11) is 0. The molecule has 0 aliphatic heterocycles. The molecule has 0 unspecified atom stereocenters. The lowest BCUT2D eigenvalue weighted by atomic mass is 10.2. The van der Waals surface area contributed by atoms with Gasteiger partial charge in [0.2, 0.25) is 11.0 Å². The average Bonchev–Trinajstić information content (AvgIpc) is 2.93. The van der Waals surface area contributed by atoms with Gasteiger partial charge in [0.25, 0.3) is 0 Å². The van der Waals surface area contributed by atoms with Crippen molar-refractivity contribution >= 4 is 51.4 Å². The maximum absolute atomic E-state index is 11.9. The van der Waals surface area contributed by atoms with Crippen LogP contribution in [0.2, 0.25) is 5.02 Å². The van der Waals surface area contributed by atoms with Crippen LogP contribution < -0.4 is 10.6 Å². The number of benzene rings is 1. The number of para-hydroxylation sites is 1. The molecule has 5 nitrogen and oxygen atoms in total. The Hall–Kier alpha value is -1.31. The highest BCUT2D eigenvalue weighted by Crippen LogP contribution is 2.26. The molecule has 1 aromatic carbocycles. The van der Waals surface area contributed by atoms with Crippen LogP contribution in [-0.4, -0.2) is 28.4 Å². The number of thioether (sulfide) groups is 1. The summed E-state index contributed by atoms with van der Waals surface area (Å²) >= 11 is 8.81. The van der Waals surface area contributed by atoms with Crippen molar-refractivity contribution in [1.82, 2.24) is 10.2 Å². The molecule has 0 bridgehead atoms. The monoisotopic (exact) mass is 356 g/mol. The minimum absolute atomic E-state index is 0.120. The number of hydrogen-bond donors (Lipinski definition) is 2. The first-order chi connectivity index (χ1) is 10.5. The third-order valence-corrected chi connectivity index (χ3v) is 4.89. The van der Waals surface area contributed by atoms with E-state index in [1.165, 1.54) is 23.1 Å². The van der Waals surface area contributed by atoms with Crippen LogP contribution in [0, 0.1) is 5.92 Å². The number of amides is 1. The van der Waals surface area contributed by atoms with Crippen molar-refractivity contribution < 1.29 is 4.79 Å². The summed E-state index contributed by atoms with van der Waals surface area (Å²) in [6, 6.07) is 7.15. The molecule has 0 fully saturated rings. The fraction of sp³-hybridized carbons (Fsp3) is 0.357. The molecule has 0 saturated heterocycles. The van der Waals surface area contributed by atoms with Crippen LogP contribution in [0.1, 0.15) is 13.8 Å². The molecule has 0 aliphatic rings. The van der Waals surface area contributed by atoms with E-state index >= 15 is 0 Å². The molecular formula is C14H17ClN4OS2. The normalized spacial score (nSPS) is 10.7. The lowest BCUT2D eigenvalue weighted by molar-refractivity contribution is -0.113. The molecule has 8 heteroatoms. The van der Waals surface area contributed by atoms with E-state index in [0.717, 1.165) is 16.0 Å². The van der Waals surface area contributed by atoms with Gasteiger partial charge in [-0.3, -0.25) is 4.79 Å². The highest BCUT2D eigenvalue weighted by atomic mass is 35.5. The second kappa shape index (κ2) is 8.36. The van der Waals surface area contributed by atoms with E-state index in [1.54, 1.807) is 12.1 Å². The van der Waals surface area contributed by atoms with Gasteiger partial charge in [-0.1, -0.05) is 60.7 Å². The fourth-order valence-electron chi connectivity index (χ4n) is 1.51. The highest BCUT2D eigenvalue weighted by molar-refractivity contribution is 8.01. The maximum Gasteiger partial charge on any atom is 0.234 e. The van der Waals surface area contributed by atoms with Gasteiger partial charge >= 0.3 is 0 Å². The smallest absolute Gasteiger partial charge is 0.234 e. The lowest BCUT2D eigenvalue weighted by Gasteiger charge is -2.05. The largest absolute Gasteiger partial charge is 0.360 e. The first-order valence-electron chi connectivity index (χ1n) is 6.79. The Balaban J connectivity index is 1.80. The van der Waals surface area contributed by atoms with Crippen molar-refractivity contribution in [3.63, 3.8) is 0 Å². The molecule has 0 spiro atoms.